The fourth-order valence-corrected chi connectivity index (χ4v) is 4.24. The highest BCUT2D eigenvalue weighted by Crippen LogP contribution is 2.36. The number of nitro benzene ring substituents is 1. The summed E-state index contributed by atoms with van der Waals surface area (Å²) < 4.78 is 10.5. The fourth-order valence-electron chi connectivity index (χ4n) is 4.24. The third-order valence-corrected chi connectivity index (χ3v) is 6.08. The minimum absolute atomic E-state index is 0.0331. The number of ether oxygens (including phenoxy) is 2. The number of carbonyl (C=O) groups excluding carboxylic acids is 2. The largest absolute Gasteiger partial charge is 0.496 e. The third kappa shape index (κ3) is 5.24. The van der Waals surface area contributed by atoms with Crippen LogP contribution in [0.4, 0.5) is 5.69 Å². The van der Waals surface area contributed by atoms with Crippen molar-refractivity contribution in [3.05, 3.63) is 62.7 Å². The van der Waals surface area contributed by atoms with Gasteiger partial charge in [-0.1, -0.05) is 18.2 Å². The quantitative estimate of drug-likeness (QED) is 0.521. The normalized spacial score (nSPS) is 14.3. The summed E-state index contributed by atoms with van der Waals surface area (Å²) in [5.41, 5.74) is 4.15. The van der Waals surface area contributed by atoms with Crippen molar-refractivity contribution in [1.29, 1.82) is 0 Å². The average Bonchev–Trinajstić information content (AvgIpc) is 2.82. The first-order valence-electron chi connectivity index (χ1n) is 10.8. The van der Waals surface area contributed by atoms with Crippen LogP contribution in [-0.4, -0.2) is 53.8 Å². The summed E-state index contributed by atoms with van der Waals surface area (Å²) in [6.45, 7) is 5.61. The lowest BCUT2D eigenvalue weighted by molar-refractivity contribution is -0.385. The van der Waals surface area contributed by atoms with Crippen molar-refractivity contribution in [3.63, 3.8) is 0 Å². The van der Waals surface area contributed by atoms with Gasteiger partial charge in [0.2, 0.25) is 17.6 Å². The van der Waals surface area contributed by atoms with Gasteiger partial charge in [-0.05, 0) is 30.0 Å². The van der Waals surface area contributed by atoms with E-state index in [0.29, 0.717) is 26.1 Å². The van der Waals surface area contributed by atoms with Gasteiger partial charge in [0, 0.05) is 57.2 Å². The highest BCUT2D eigenvalue weighted by atomic mass is 16.6. The van der Waals surface area contributed by atoms with Crippen LogP contribution in [0.1, 0.15) is 36.1 Å². The molecule has 2 heterocycles. The van der Waals surface area contributed by atoms with Gasteiger partial charge in [0.15, 0.2) is 0 Å². The lowest BCUT2D eigenvalue weighted by Crippen LogP contribution is -2.34. The number of benzene rings is 2. The van der Waals surface area contributed by atoms with Gasteiger partial charge in [0.05, 0.1) is 19.1 Å². The molecule has 176 valence electrons. The number of rotatable bonds is 3. The number of nitro groups is 1. The third-order valence-electron chi connectivity index (χ3n) is 6.08. The number of amides is 2. The molecule has 0 N–H and O–H groups in total. The molecule has 0 fully saturated rings. The second kappa shape index (κ2) is 10.3. The molecule has 2 aliphatic heterocycles. The summed E-state index contributed by atoms with van der Waals surface area (Å²) in [5.74, 6) is 1.25. The van der Waals surface area contributed by atoms with E-state index in [1.54, 1.807) is 25.0 Å². The Balaban J connectivity index is 0.000000189. The lowest BCUT2D eigenvalue weighted by Gasteiger charge is -2.28. The number of hydrogen-bond donors (Lipinski definition) is 0. The second-order valence-electron chi connectivity index (χ2n) is 7.99. The number of carbonyl (C=O) groups is 2. The molecule has 9 nitrogen and oxygen atoms in total. The minimum atomic E-state index is -0.466. The smallest absolute Gasteiger partial charge is 0.311 e. The molecule has 2 aromatic carbocycles. The zero-order chi connectivity index (χ0) is 24.1. The van der Waals surface area contributed by atoms with Crippen molar-refractivity contribution in [2.45, 2.75) is 39.8 Å². The van der Waals surface area contributed by atoms with E-state index in [9.17, 15) is 19.7 Å². The number of methoxy groups -OCH3 is 2. The highest BCUT2D eigenvalue weighted by molar-refractivity contribution is 5.74. The molecule has 0 aliphatic carbocycles. The maximum Gasteiger partial charge on any atom is 0.311 e. The van der Waals surface area contributed by atoms with E-state index < -0.39 is 4.92 Å². The number of nitrogens with zero attached hydrogens (tertiary/aromatic N) is 3. The zero-order valence-electron chi connectivity index (χ0n) is 19.4. The van der Waals surface area contributed by atoms with E-state index in [0.717, 1.165) is 35.4 Å². The predicted octanol–water partition coefficient (Wildman–Crippen LogP) is 3.11. The summed E-state index contributed by atoms with van der Waals surface area (Å²) in [4.78, 5) is 36.6. The van der Waals surface area contributed by atoms with Gasteiger partial charge in [-0.3, -0.25) is 19.7 Å². The van der Waals surface area contributed by atoms with Gasteiger partial charge in [-0.2, -0.15) is 0 Å². The topological polar surface area (TPSA) is 102 Å². The van der Waals surface area contributed by atoms with E-state index in [-0.39, 0.29) is 23.3 Å². The van der Waals surface area contributed by atoms with Crippen LogP contribution in [0.5, 0.6) is 11.5 Å². The van der Waals surface area contributed by atoms with Crippen molar-refractivity contribution >= 4 is 17.5 Å². The van der Waals surface area contributed by atoms with Crippen LogP contribution in [0.25, 0.3) is 0 Å². The lowest BCUT2D eigenvalue weighted by atomic mass is 9.98. The maximum atomic E-state index is 11.4. The van der Waals surface area contributed by atoms with Crippen LogP contribution in [-0.2, 0) is 35.5 Å². The van der Waals surface area contributed by atoms with Gasteiger partial charge in [0.1, 0.15) is 5.75 Å². The van der Waals surface area contributed by atoms with E-state index in [1.165, 1.54) is 25.7 Å². The first-order chi connectivity index (χ1) is 15.8. The summed E-state index contributed by atoms with van der Waals surface area (Å²) in [6, 6.07) is 9.26. The molecule has 2 aromatic rings. The molecule has 2 amide bonds. The summed E-state index contributed by atoms with van der Waals surface area (Å²) >= 11 is 0. The van der Waals surface area contributed by atoms with Gasteiger partial charge in [0.25, 0.3) is 0 Å². The van der Waals surface area contributed by atoms with Crippen molar-refractivity contribution in [3.8, 4) is 11.5 Å². The molecule has 0 spiro atoms. The van der Waals surface area contributed by atoms with Crippen LogP contribution in [0.3, 0.4) is 0 Å². The molecule has 0 saturated heterocycles. The molecule has 2 aliphatic rings. The van der Waals surface area contributed by atoms with Crippen molar-refractivity contribution < 1.29 is 24.0 Å². The summed E-state index contributed by atoms with van der Waals surface area (Å²) in [5, 5.41) is 10.9. The highest BCUT2D eigenvalue weighted by Gasteiger charge is 2.27. The predicted molar refractivity (Wildman–Crippen MR) is 122 cm³/mol. The second-order valence-corrected chi connectivity index (χ2v) is 7.99. The van der Waals surface area contributed by atoms with Crippen LogP contribution >= 0.6 is 0 Å². The van der Waals surface area contributed by atoms with Crippen molar-refractivity contribution in [2.24, 2.45) is 0 Å². The molecule has 0 bridgehead atoms. The molecule has 0 radical (unpaired) electrons. The Bertz CT molecular complexity index is 1050. The fraction of sp³-hybridized carbons (Fsp3) is 0.417. The Morgan fingerprint density at radius 2 is 1.45 bits per heavy atom. The Morgan fingerprint density at radius 1 is 0.879 bits per heavy atom. The average molecular weight is 456 g/mol. The minimum Gasteiger partial charge on any atom is -0.496 e. The Morgan fingerprint density at radius 3 is 1.97 bits per heavy atom. The molecule has 4 rings (SSSR count). The van der Waals surface area contributed by atoms with Crippen LogP contribution in [0.2, 0.25) is 0 Å². The van der Waals surface area contributed by atoms with Crippen LogP contribution < -0.4 is 9.47 Å². The van der Waals surface area contributed by atoms with Gasteiger partial charge < -0.3 is 19.3 Å². The molecular weight excluding hydrogens is 426 g/mol. The molecule has 0 aromatic heterocycles. The van der Waals surface area contributed by atoms with Crippen molar-refractivity contribution in [2.75, 3.05) is 27.3 Å². The van der Waals surface area contributed by atoms with Gasteiger partial charge in [-0.25, -0.2) is 0 Å². The Labute approximate surface area is 193 Å². The van der Waals surface area contributed by atoms with E-state index in [1.807, 2.05) is 17.0 Å². The van der Waals surface area contributed by atoms with Crippen LogP contribution in [0.15, 0.2) is 30.3 Å². The molecule has 9 heteroatoms. The van der Waals surface area contributed by atoms with Crippen LogP contribution in [0, 0.1) is 10.1 Å². The zero-order valence-corrected chi connectivity index (χ0v) is 19.4. The molecule has 0 unspecified atom stereocenters. The SMILES string of the molecule is COc1c([N+](=O)[O-])ccc2c1CN(C(C)=O)CC2.COc1cccc2c1CN(C(C)=O)CC2. The van der Waals surface area contributed by atoms with E-state index in [4.69, 9.17) is 9.47 Å². The molecule has 0 saturated carbocycles. The monoisotopic (exact) mass is 455 g/mol. The number of fused-ring (bicyclic) bond motifs is 2. The molecule has 0 atom stereocenters. The summed E-state index contributed by atoms with van der Waals surface area (Å²) in [7, 11) is 3.08. The van der Waals surface area contributed by atoms with Gasteiger partial charge in [-0.15, -0.1) is 0 Å². The van der Waals surface area contributed by atoms with Gasteiger partial charge >= 0.3 is 5.69 Å². The number of hydrogen-bond acceptors (Lipinski definition) is 6. The maximum absolute atomic E-state index is 11.4. The van der Waals surface area contributed by atoms with E-state index >= 15 is 0 Å². The summed E-state index contributed by atoms with van der Waals surface area (Å²) in [6.07, 6.45) is 1.62. The van der Waals surface area contributed by atoms with E-state index in [2.05, 4.69) is 6.07 Å². The molecular formula is C24H29N3O6. The first kappa shape index (κ1) is 24.0. The first-order valence-corrected chi connectivity index (χ1v) is 10.8. The standard InChI is InChI=1S/C12H14N2O4.C12H15NO2/c1-8(15)13-6-5-9-3-4-11(14(16)17)12(18-2)10(9)7-13;1-9(14)13-7-6-10-4-3-5-12(15-2)11(10)8-13/h3-4H,5-7H2,1-2H3;3-5H,6-8H2,1-2H3. The molecule has 33 heavy (non-hydrogen) atoms. The Kier molecular flexibility index (Phi) is 7.52. The van der Waals surface area contributed by atoms with Crippen molar-refractivity contribution in [1.82, 2.24) is 9.80 Å². The Hall–Kier alpha value is -3.62.